The second-order valence-electron chi connectivity index (χ2n) is 8.14. The first kappa shape index (κ1) is 21.2. The van der Waals surface area contributed by atoms with Crippen LogP contribution in [0.3, 0.4) is 0 Å². The van der Waals surface area contributed by atoms with Crippen molar-refractivity contribution >= 4 is 5.91 Å². The highest BCUT2D eigenvalue weighted by Gasteiger charge is 2.29. The predicted molar refractivity (Wildman–Crippen MR) is 118 cm³/mol. The first-order chi connectivity index (χ1) is 15.1. The van der Waals surface area contributed by atoms with Crippen LogP contribution in [0.5, 0.6) is 0 Å². The maximum absolute atomic E-state index is 13.1. The van der Waals surface area contributed by atoms with Crippen molar-refractivity contribution in [2.24, 2.45) is 7.05 Å². The van der Waals surface area contributed by atoms with Gasteiger partial charge >= 0.3 is 0 Å². The maximum atomic E-state index is 13.1. The highest BCUT2D eigenvalue weighted by molar-refractivity contribution is 5.78. The van der Waals surface area contributed by atoms with Crippen molar-refractivity contribution in [3.8, 4) is 0 Å². The molecule has 162 valence electrons. The number of aryl methyl sites for hydroxylation is 2. The van der Waals surface area contributed by atoms with E-state index in [9.17, 15) is 4.79 Å². The number of rotatable bonds is 7. The number of pyridine rings is 1. The Hall–Kier alpha value is -3.03. The largest absolute Gasteiger partial charge is 0.370 e. The molecule has 3 heterocycles. The number of ether oxygens (including phenoxy) is 1. The van der Waals surface area contributed by atoms with Crippen LogP contribution in [0.25, 0.3) is 0 Å². The molecule has 1 atom stereocenters. The summed E-state index contributed by atoms with van der Waals surface area (Å²) in [6.45, 7) is 5.36. The molecule has 0 bridgehead atoms. The Bertz CT molecular complexity index is 990. The third kappa shape index (κ3) is 5.77. The molecule has 4 rings (SSSR count). The van der Waals surface area contributed by atoms with E-state index in [4.69, 9.17) is 4.74 Å². The molecule has 1 unspecified atom stereocenters. The van der Waals surface area contributed by atoms with Gasteiger partial charge in [0.25, 0.3) is 0 Å². The Labute approximate surface area is 183 Å². The first-order valence-corrected chi connectivity index (χ1v) is 10.6. The number of aromatic nitrogens is 3. The zero-order chi connectivity index (χ0) is 21.6. The Kier molecular flexibility index (Phi) is 6.74. The van der Waals surface area contributed by atoms with Crippen LogP contribution in [0, 0.1) is 6.92 Å². The van der Waals surface area contributed by atoms with E-state index >= 15 is 0 Å². The van der Waals surface area contributed by atoms with E-state index in [1.54, 1.807) is 6.20 Å². The molecule has 0 N–H and O–H groups in total. The lowest BCUT2D eigenvalue weighted by molar-refractivity contribution is -0.132. The summed E-state index contributed by atoms with van der Waals surface area (Å²) in [5.74, 6) is 0.108. The number of benzene rings is 1. The molecule has 7 heteroatoms. The highest BCUT2D eigenvalue weighted by Crippen LogP contribution is 2.17. The standard InChI is InChI=1S/C24H29N5O2/c1-19-22(13-27(2)26-19)14-28-15-23(31-18-20-7-4-3-5-8-20)16-29(24(30)17-28)12-21-9-6-10-25-11-21/h3-11,13,23H,12,14-18H2,1-2H3. The Morgan fingerprint density at radius 2 is 1.87 bits per heavy atom. The van der Waals surface area contributed by atoms with Crippen molar-refractivity contribution < 1.29 is 9.53 Å². The van der Waals surface area contributed by atoms with E-state index in [1.165, 1.54) is 0 Å². The van der Waals surface area contributed by atoms with Crippen molar-refractivity contribution in [1.29, 1.82) is 0 Å². The van der Waals surface area contributed by atoms with Gasteiger partial charge in [-0.1, -0.05) is 36.4 Å². The molecular weight excluding hydrogens is 390 g/mol. The van der Waals surface area contributed by atoms with E-state index in [0.717, 1.165) is 22.4 Å². The molecule has 0 radical (unpaired) electrons. The number of nitrogens with zero attached hydrogens (tertiary/aromatic N) is 5. The van der Waals surface area contributed by atoms with Gasteiger partial charge in [-0.15, -0.1) is 0 Å². The molecule has 1 aliphatic heterocycles. The average Bonchev–Trinajstić information content (AvgIpc) is 3.00. The van der Waals surface area contributed by atoms with Crippen LogP contribution in [0.15, 0.2) is 61.1 Å². The molecular formula is C24H29N5O2. The van der Waals surface area contributed by atoms with Gasteiger partial charge in [-0.05, 0) is 24.1 Å². The Balaban J connectivity index is 1.50. The summed E-state index contributed by atoms with van der Waals surface area (Å²) in [5, 5.41) is 4.44. The summed E-state index contributed by atoms with van der Waals surface area (Å²) in [5.41, 5.74) is 4.28. The van der Waals surface area contributed by atoms with E-state index in [1.807, 2.05) is 66.3 Å². The van der Waals surface area contributed by atoms with Crippen LogP contribution in [-0.2, 0) is 36.3 Å². The number of carbonyl (C=O) groups is 1. The lowest BCUT2D eigenvalue weighted by Crippen LogP contribution is -2.37. The minimum atomic E-state index is -0.0831. The van der Waals surface area contributed by atoms with E-state index in [-0.39, 0.29) is 12.0 Å². The fraction of sp³-hybridized carbons (Fsp3) is 0.375. The molecule has 0 saturated carbocycles. The fourth-order valence-electron chi connectivity index (χ4n) is 3.97. The van der Waals surface area contributed by atoms with Gasteiger partial charge in [-0.3, -0.25) is 19.4 Å². The monoisotopic (exact) mass is 419 g/mol. The zero-order valence-corrected chi connectivity index (χ0v) is 18.1. The molecule has 1 aromatic carbocycles. The molecule has 0 aliphatic carbocycles. The van der Waals surface area contributed by atoms with E-state index in [2.05, 4.69) is 27.1 Å². The smallest absolute Gasteiger partial charge is 0.237 e. The van der Waals surface area contributed by atoms with Crippen LogP contribution < -0.4 is 0 Å². The normalized spacial score (nSPS) is 17.7. The van der Waals surface area contributed by atoms with Gasteiger partial charge in [0.1, 0.15) is 0 Å². The molecule has 3 aromatic rings. The van der Waals surface area contributed by atoms with Gasteiger partial charge in [0.2, 0.25) is 5.91 Å². The Morgan fingerprint density at radius 3 is 2.58 bits per heavy atom. The van der Waals surface area contributed by atoms with Crippen LogP contribution in [0.1, 0.15) is 22.4 Å². The van der Waals surface area contributed by atoms with Crippen molar-refractivity contribution in [1.82, 2.24) is 24.6 Å². The highest BCUT2D eigenvalue weighted by atomic mass is 16.5. The summed E-state index contributed by atoms with van der Waals surface area (Å²) in [6.07, 6.45) is 5.50. The summed E-state index contributed by atoms with van der Waals surface area (Å²) < 4.78 is 8.12. The SMILES string of the molecule is Cc1nn(C)cc1CN1CC(=O)N(Cc2cccnc2)CC(OCc2ccccc2)C1. The molecule has 31 heavy (non-hydrogen) atoms. The Morgan fingerprint density at radius 1 is 1.06 bits per heavy atom. The van der Waals surface area contributed by atoms with Crippen LogP contribution >= 0.6 is 0 Å². The van der Waals surface area contributed by atoms with Crippen molar-refractivity contribution in [2.45, 2.75) is 32.7 Å². The number of hydrogen-bond acceptors (Lipinski definition) is 5. The van der Waals surface area contributed by atoms with Crippen molar-refractivity contribution in [3.05, 3.63) is 83.4 Å². The summed E-state index contributed by atoms with van der Waals surface area (Å²) in [4.78, 5) is 21.4. The summed E-state index contributed by atoms with van der Waals surface area (Å²) in [6, 6.07) is 14.1. The van der Waals surface area contributed by atoms with Gasteiger partial charge in [-0.25, -0.2) is 0 Å². The summed E-state index contributed by atoms with van der Waals surface area (Å²) in [7, 11) is 1.92. The molecule has 1 saturated heterocycles. The van der Waals surface area contributed by atoms with Crippen LogP contribution in [0.4, 0.5) is 0 Å². The zero-order valence-electron chi connectivity index (χ0n) is 18.1. The molecule has 2 aromatic heterocycles. The third-order valence-electron chi connectivity index (χ3n) is 5.53. The van der Waals surface area contributed by atoms with Gasteiger partial charge in [0, 0.05) is 57.4 Å². The third-order valence-corrected chi connectivity index (χ3v) is 5.53. The minimum Gasteiger partial charge on any atom is -0.370 e. The molecule has 0 spiro atoms. The summed E-state index contributed by atoms with van der Waals surface area (Å²) >= 11 is 0. The average molecular weight is 420 g/mol. The van der Waals surface area contributed by atoms with Crippen molar-refractivity contribution in [3.63, 3.8) is 0 Å². The van der Waals surface area contributed by atoms with Gasteiger partial charge in [0.15, 0.2) is 0 Å². The second kappa shape index (κ2) is 9.85. The maximum Gasteiger partial charge on any atom is 0.237 e. The van der Waals surface area contributed by atoms with Gasteiger partial charge in [0.05, 0.1) is 24.9 Å². The molecule has 1 fully saturated rings. The van der Waals surface area contributed by atoms with E-state index in [0.29, 0.717) is 39.3 Å². The molecule has 1 amide bonds. The van der Waals surface area contributed by atoms with Crippen LogP contribution in [-0.4, -0.2) is 56.2 Å². The van der Waals surface area contributed by atoms with E-state index < -0.39 is 0 Å². The predicted octanol–water partition coefficient (Wildman–Crippen LogP) is 2.55. The second-order valence-corrected chi connectivity index (χ2v) is 8.14. The number of hydrogen-bond donors (Lipinski definition) is 0. The first-order valence-electron chi connectivity index (χ1n) is 10.6. The molecule has 7 nitrogen and oxygen atoms in total. The lowest BCUT2D eigenvalue weighted by atomic mass is 10.2. The molecule has 1 aliphatic rings. The van der Waals surface area contributed by atoms with Crippen molar-refractivity contribution in [2.75, 3.05) is 19.6 Å². The lowest BCUT2D eigenvalue weighted by Gasteiger charge is -2.25. The van der Waals surface area contributed by atoms with Crippen LogP contribution in [0.2, 0.25) is 0 Å². The van der Waals surface area contributed by atoms with Gasteiger partial charge in [-0.2, -0.15) is 5.10 Å². The minimum absolute atomic E-state index is 0.0831. The fourth-order valence-corrected chi connectivity index (χ4v) is 3.97. The van der Waals surface area contributed by atoms with Gasteiger partial charge < -0.3 is 9.64 Å². The number of carbonyl (C=O) groups excluding carboxylic acids is 1. The number of amides is 1. The quantitative estimate of drug-likeness (QED) is 0.589. The topological polar surface area (TPSA) is 63.5 Å².